The van der Waals surface area contributed by atoms with E-state index in [1.807, 2.05) is 0 Å². The van der Waals surface area contributed by atoms with E-state index in [2.05, 4.69) is 4.72 Å². The topological polar surface area (TPSA) is 121 Å². The molecule has 2 N–H and O–H groups in total. The molecule has 1 atom stereocenters. The van der Waals surface area contributed by atoms with Gasteiger partial charge in [-0.1, -0.05) is 13.8 Å². The van der Waals surface area contributed by atoms with Gasteiger partial charge in [-0.25, -0.2) is 16.8 Å². The molecule has 0 unspecified atom stereocenters. The fourth-order valence-electron chi connectivity index (χ4n) is 2.65. The molecule has 0 amide bonds. The van der Waals surface area contributed by atoms with Crippen molar-refractivity contribution in [3.8, 4) is 0 Å². The van der Waals surface area contributed by atoms with Gasteiger partial charge in [-0.05, 0) is 43.0 Å². The molecule has 25 heavy (non-hydrogen) atoms. The molecule has 1 aliphatic heterocycles. The normalized spacial score (nSPS) is 18.4. The Morgan fingerprint density at radius 3 is 2.32 bits per heavy atom. The first-order valence-corrected chi connectivity index (χ1v) is 11.0. The molecule has 0 aromatic heterocycles. The van der Waals surface area contributed by atoms with Crippen LogP contribution in [0.15, 0.2) is 29.2 Å². The smallest absolute Gasteiger partial charge is 0.321 e. The highest BCUT2D eigenvalue weighted by atomic mass is 32.2. The highest BCUT2D eigenvalue weighted by molar-refractivity contribution is 7.93. The third-order valence-corrected chi connectivity index (χ3v) is 7.19. The van der Waals surface area contributed by atoms with Crippen molar-refractivity contribution in [1.82, 2.24) is 4.72 Å². The lowest BCUT2D eigenvalue weighted by Gasteiger charge is -2.18. The van der Waals surface area contributed by atoms with Crippen LogP contribution in [-0.2, 0) is 24.8 Å². The van der Waals surface area contributed by atoms with Gasteiger partial charge in [0, 0.05) is 6.54 Å². The zero-order chi connectivity index (χ0) is 18.8. The third kappa shape index (κ3) is 4.71. The van der Waals surface area contributed by atoms with Crippen LogP contribution < -0.4 is 9.03 Å². The standard InChI is InChI=1S/C15H22N2O6S2/c1-11(2)10-14(15(18)19)16-25(22,23)13-6-4-12(5-7-13)17-8-3-9-24(17,20)21/h4-7,11,14,16H,3,8-10H2,1-2H3,(H,18,19)/t14-/m0/s1. The Bertz CT molecular complexity index is 831. The van der Waals surface area contributed by atoms with Gasteiger partial charge >= 0.3 is 5.97 Å². The number of nitrogens with zero attached hydrogens (tertiary/aromatic N) is 1. The van der Waals surface area contributed by atoms with Crippen LogP contribution in [0.5, 0.6) is 0 Å². The van der Waals surface area contributed by atoms with E-state index >= 15 is 0 Å². The van der Waals surface area contributed by atoms with Crippen molar-refractivity contribution in [2.24, 2.45) is 5.92 Å². The Balaban J connectivity index is 2.21. The highest BCUT2D eigenvalue weighted by Crippen LogP contribution is 2.25. The average Bonchev–Trinajstić information content (AvgIpc) is 2.85. The van der Waals surface area contributed by atoms with Crippen LogP contribution in [0.2, 0.25) is 0 Å². The van der Waals surface area contributed by atoms with Gasteiger partial charge in [-0.2, -0.15) is 4.72 Å². The number of carboxylic acids is 1. The predicted molar refractivity (Wildman–Crippen MR) is 93.4 cm³/mol. The number of nitrogens with one attached hydrogen (secondary N) is 1. The number of hydrogen-bond donors (Lipinski definition) is 2. The molecule has 1 aromatic rings. The van der Waals surface area contributed by atoms with E-state index in [-0.39, 0.29) is 23.0 Å². The second-order valence-electron chi connectivity index (χ2n) is 6.38. The minimum atomic E-state index is -4.02. The fourth-order valence-corrected chi connectivity index (χ4v) is 5.41. The minimum Gasteiger partial charge on any atom is -0.480 e. The number of carboxylic acid groups (broad SMARTS) is 1. The summed E-state index contributed by atoms with van der Waals surface area (Å²) in [4.78, 5) is 11.1. The second-order valence-corrected chi connectivity index (χ2v) is 10.1. The third-order valence-electron chi connectivity index (χ3n) is 3.84. The summed E-state index contributed by atoms with van der Waals surface area (Å²) in [6.07, 6.45) is 0.693. The van der Waals surface area contributed by atoms with E-state index in [0.29, 0.717) is 18.7 Å². The summed E-state index contributed by atoms with van der Waals surface area (Å²) in [6.45, 7) is 3.97. The summed E-state index contributed by atoms with van der Waals surface area (Å²) >= 11 is 0. The summed E-state index contributed by atoms with van der Waals surface area (Å²) < 4.78 is 52.0. The molecule has 2 rings (SSSR count). The fraction of sp³-hybridized carbons (Fsp3) is 0.533. The molecule has 1 aromatic carbocycles. The van der Waals surface area contributed by atoms with Crippen LogP contribution >= 0.6 is 0 Å². The van der Waals surface area contributed by atoms with E-state index in [1.54, 1.807) is 13.8 Å². The first-order valence-electron chi connectivity index (χ1n) is 7.88. The molecule has 8 nitrogen and oxygen atoms in total. The Hall–Kier alpha value is -1.65. The van der Waals surface area contributed by atoms with Gasteiger partial charge in [0.15, 0.2) is 0 Å². The molecule has 1 heterocycles. The first-order chi connectivity index (χ1) is 11.5. The molecule has 0 spiro atoms. The van der Waals surface area contributed by atoms with Crippen LogP contribution in [0.1, 0.15) is 26.7 Å². The van der Waals surface area contributed by atoms with Gasteiger partial charge < -0.3 is 5.11 Å². The van der Waals surface area contributed by atoms with E-state index in [1.165, 1.54) is 28.6 Å². The summed E-state index contributed by atoms with van der Waals surface area (Å²) in [5, 5.41) is 9.18. The van der Waals surface area contributed by atoms with Crippen molar-refractivity contribution in [2.45, 2.75) is 37.6 Å². The van der Waals surface area contributed by atoms with Crippen molar-refractivity contribution < 1.29 is 26.7 Å². The number of hydrogen-bond acceptors (Lipinski definition) is 5. The Kier molecular flexibility index (Phi) is 5.75. The van der Waals surface area contributed by atoms with Gasteiger partial charge in [0.2, 0.25) is 20.0 Å². The maximum atomic E-state index is 12.4. The molecular weight excluding hydrogens is 368 g/mol. The Morgan fingerprint density at radius 2 is 1.88 bits per heavy atom. The second kappa shape index (κ2) is 7.30. The summed E-state index contributed by atoms with van der Waals surface area (Å²) in [6, 6.07) is 4.16. The minimum absolute atomic E-state index is 0.00606. The lowest BCUT2D eigenvalue weighted by atomic mass is 10.1. The SMILES string of the molecule is CC(C)C[C@H](NS(=O)(=O)c1ccc(N2CCCS2(=O)=O)cc1)C(=O)O. The number of rotatable bonds is 7. The van der Waals surface area contributed by atoms with E-state index in [9.17, 15) is 26.7 Å². The Labute approximate surface area is 147 Å². The summed E-state index contributed by atoms with van der Waals surface area (Å²) in [7, 11) is -7.36. The highest BCUT2D eigenvalue weighted by Gasteiger charge is 2.29. The van der Waals surface area contributed by atoms with Crippen LogP contribution in [0.4, 0.5) is 5.69 Å². The van der Waals surface area contributed by atoms with Crippen molar-refractivity contribution >= 4 is 31.7 Å². The Morgan fingerprint density at radius 1 is 1.28 bits per heavy atom. The first kappa shape index (κ1) is 19.7. The van der Waals surface area contributed by atoms with Crippen molar-refractivity contribution in [1.29, 1.82) is 0 Å². The summed E-state index contributed by atoms with van der Waals surface area (Å²) in [5.74, 6) is -1.16. The largest absolute Gasteiger partial charge is 0.480 e. The maximum absolute atomic E-state index is 12.4. The number of benzene rings is 1. The monoisotopic (exact) mass is 390 g/mol. The average molecular weight is 390 g/mol. The predicted octanol–water partition coefficient (Wildman–Crippen LogP) is 1.00. The molecule has 0 saturated carbocycles. The zero-order valence-corrected chi connectivity index (χ0v) is 15.7. The van der Waals surface area contributed by atoms with Crippen LogP contribution in [0, 0.1) is 5.92 Å². The molecule has 10 heteroatoms. The van der Waals surface area contributed by atoms with Gasteiger partial charge in [0.1, 0.15) is 6.04 Å². The van der Waals surface area contributed by atoms with Crippen molar-refractivity contribution in [2.75, 3.05) is 16.6 Å². The van der Waals surface area contributed by atoms with Gasteiger partial charge in [0.05, 0.1) is 16.3 Å². The maximum Gasteiger partial charge on any atom is 0.321 e. The molecule has 0 bridgehead atoms. The number of carbonyl (C=O) groups is 1. The molecule has 0 aliphatic carbocycles. The van der Waals surface area contributed by atoms with Gasteiger partial charge in [-0.15, -0.1) is 0 Å². The molecular formula is C15H22N2O6S2. The number of sulfonamides is 2. The van der Waals surface area contributed by atoms with E-state index < -0.39 is 32.1 Å². The van der Waals surface area contributed by atoms with Crippen LogP contribution in [-0.4, -0.2) is 46.3 Å². The molecule has 1 fully saturated rings. The number of aliphatic carboxylic acids is 1. The molecule has 1 aliphatic rings. The summed E-state index contributed by atoms with van der Waals surface area (Å²) in [5.41, 5.74) is 0.397. The van der Waals surface area contributed by atoms with Gasteiger partial charge in [-0.3, -0.25) is 9.10 Å². The van der Waals surface area contributed by atoms with Crippen LogP contribution in [0.25, 0.3) is 0 Å². The lowest BCUT2D eigenvalue weighted by Crippen LogP contribution is -2.41. The molecule has 1 saturated heterocycles. The zero-order valence-electron chi connectivity index (χ0n) is 14.0. The van der Waals surface area contributed by atoms with Crippen LogP contribution in [0.3, 0.4) is 0 Å². The van der Waals surface area contributed by atoms with E-state index in [0.717, 1.165) is 0 Å². The van der Waals surface area contributed by atoms with Crippen molar-refractivity contribution in [3.05, 3.63) is 24.3 Å². The van der Waals surface area contributed by atoms with Gasteiger partial charge in [0.25, 0.3) is 0 Å². The quantitative estimate of drug-likeness (QED) is 0.717. The lowest BCUT2D eigenvalue weighted by molar-refractivity contribution is -0.139. The molecule has 140 valence electrons. The number of anilines is 1. The van der Waals surface area contributed by atoms with E-state index in [4.69, 9.17) is 0 Å². The van der Waals surface area contributed by atoms with Crippen molar-refractivity contribution in [3.63, 3.8) is 0 Å². The molecule has 0 radical (unpaired) electrons.